The normalized spacial score (nSPS) is 14.7. The number of nitrogens with two attached hydrogens (primary N) is 1. The number of carbonyl (C=O) groups is 1. The van der Waals surface area contributed by atoms with Gasteiger partial charge in [0, 0.05) is 42.1 Å². The second kappa shape index (κ2) is 7.54. The summed E-state index contributed by atoms with van der Waals surface area (Å²) in [6, 6.07) is 9.97. The van der Waals surface area contributed by atoms with Gasteiger partial charge in [-0.25, -0.2) is 4.39 Å². The average molecular weight is 376 g/mol. The Kier molecular flexibility index (Phi) is 5.37. The number of benzene rings is 2. The minimum atomic E-state index is -0.402. The molecule has 2 aromatic carbocycles. The third-order valence-electron chi connectivity index (χ3n) is 4.98. The van der Waals surface area contributed by atoms with E-state index in [4.69, 9.17) is 17.3 Å². The molecule has 0 aromatic heterocycles. The standard InChI is InChI=1S/C20H23ClFN3O/c1-13(25-11-5-6-14-18(23)9-4-10-19(14)25)20(26)24(2)12-15-16(21)7-3-8-17(15)22/h3-4,7-10,13H,5-6,11-12,23H2,1-2H3. The molecule has 0 radical (unpaired) electrons. The molecule has 1 unspecified atom stereocenters. The van der Waals surface area contributed by atoms with E-state index in [9.17, 15) is 9.18 Å². The highest BCUT2D eigenvalue weighted by atomic mass is 35.5. The predicted octanol–water partition coefficient (Wildman–Crippen LogP) is 3.86. The first-order valence-corrected chi connectivity index (χ1v) is 9.09. The van der Waals surface area contributed by atoms with E-state index in [1.54, 1.807) is 19.2 Å². The molecule has 1 aliphatic rings. The number of anilines is 2. The van der Waals surface area contributed by atoms with Crippen molar-refractivity contribution in [3.05, 3.63) is 58.4 Å². The van der Waals surface area contributed by atoms with Gasteiger partial charge in [-0.05, 0) is 49.6 Å². The molecule has 0 spiro atoms. The zero-order valence-electron chi connectivity index (χ0n) is 15.0. The van der Waals surface area contributed by atoms with Crippen molar-refractivity contribution in [2.75, 3.05) is 24.2 Å². The van der Waals surface area contributed by atoms with Gasteiger partial charge in [-0.2, -0.15) is 0 Å². The van der Waals surface area contributed by atoms with Gasteiger partial charge in [0.05, 0.1) is 0 Å². The van der Waals surface area contributed by atoms with Gasteiger partial charge < -0.3 is 15.5 Å². The Balaban J connectivity index is 1.79. The maximum Gasteiger partial charge on any atom is 0.245 e. The molecule has 2 N–H and O–H groups in total. The molecule has 26 heavy (non-hydrogen) atoms. The first kappa shape index (κ1) is 18.5. The summed E-state index contributed by atoms with van der Waals surface area (Å²) in [5.41, 5.74) is 9.30. The number of amides is 1. The van der Waals surface area contributed by atoms with E-state index in [0.717, 1.165) is 36.3 Å². The summed E-state index contributed by atoms with van der Waals surface area (Å²) in [4.78, 5) is 16.6. The van der Waals surface area contributed by atoms with E-state index in [-0.39, 0.29) is 18.5 Å². The van der Waals surface area contributed by atoms with Crippen LogP contribution in [-0.4, -0.2) is 30.4 Å². The van der Waals surface area contributed by atoms with Crippen LogP contribution in [0.2, 0.25) is 5.02 Å². The molecule has 0 fully saturated rings. The summed E-state index contributed by atoms with van der Waals surface area (Å²) < 4.78 is 14.0. The number of fused-ring (bicyclic) bond motifs is 1. The molecule has 1 atom stereocenters. The summed E-state index contributed by atoms with van der Waals surface area (Å²) in [7, 11) is 1.67. The van der Waals surface area contributed by atoms with Crippen molar-refractivity contribution in [3.63, 3.8) is 0 Å². The maximum absolute atomic E-state index is 14.0. The lowest BCUT2D eigenvalue weighted by molar-refractivity contribution is -0.131. The van der Waals surface area contributed by atoms with Crippen LogP contribution in [0.3, 0.4) is 0 Å². The van der Waals surface area contributed by atoms with E-state index in [1.165, 1.54) is 11.0 Å². The lowest BCUT2D eigenvalue weighted by Gasteiger charge is -2.37. The van der Waals surface area contributed by atoms with Gasteiger partial charge in [-0.1, -0.05) is 23.7 Å². The summed E-state index contributed by atoms with van der Waals surface area (Å²) in [6.07, 6.45) is 1.86. The van der Waals surface area contributed by atoms with Crippen molar-refractivity contribution in [2.45, 2.75) is 32.4 Å². The molecule has 138 valence electrons. The molecule has 0 aliphatic carbocycles. The van der Waals surface area contributed by atoms with E-state index in [2.05, 4.69) is 4.90 Å². The Bertz CT molecular complexity index is 806. The highest BCUT2D eigenvalue weighted by Crippen LogP contribution is 2.33. The zero-order chi connectivity index (χ0) is 18.8. The second-order valence-corrected chi connectivity index (χ2v) is 7.12. The smallest absolute Gasteiger partial charge is 0.245 e. The fourth-order valence-corrected chi connectivity index (χ4v) is 3.76. The van der Waals surface area contributed by atoms with E-state index in [1.807, 2.05) is 25.1 Å². The molecule has 4 nitrogen and oxygen atoms in total. The number of rotatable bonds is 4. The average Bonchev–Trinajstić information content (AvgIpc) is 2.63. The van der Waals surface area contributed by atoms with Crippen molar-refractivity contribution < 1.29 is 9.18 Å². The molecule has 1 aliphatic heterocycles. The minimum Gasteiger partial charge on any atom is -0.398 e. The Morgan fingerprint density at radius 3 is 2.81 bits per heavy atom. The molecule has 2 aromatic rings. The van der Waals surface area contributed by atoms with Crippen molar-refractivity contribution in [3.8, 4) is 0 Å². The molecular formula is C20H23ClFN3O. The predicted molar refractivity (Wildman–Crippen MR) is 104 cm³/mol. The molecule has 6 heteroatoms. The summed E-state index contributed by atoms with van der Waals surface area (Å²) in [6.45, 7) is 2.80. The third-order valence-corrected chi connectivity index (χ3v) is 5.33. The Morgan fingerprint density at radius 1 is 1.35 bits per heavy atom. The van der Waals surface area contributed by atoms with Gasteiger partial charge in [-0.3, -0.25) is 4.79 Å². The number of likely N-dealkylation sites (N-methyl/N-ethyl adjacent to an activating group) is 1. The Labute approximate surface area is 158 Å². The monoisotopic (exact) mass is 375 g/mol. The highest BCUT2D eigenvalue weighted by molar-refractivity contribution is 6.31. The van der Waals surface area contributed by atoms with Crippen LogP contribution in [0.1, 0.15) is 24.5 Å². The van der Waals surface area contributed by atoms with Crippen LogP contribution in [0.5, 0.6) is 0 Å². The Morgan fingerprint density at radius 2 is 2.08 bits per heavy atom. The second-order valence-electron chi connectivity index (χ2n) is 6.71. The first-order valence-electron chi connectivity index (χ1n) is 8.72. The van der Waals surface area contributed by atoms with E-state index < -0.39 is 5.82 Å². The van der Waals surface area contributed by atoms with Crippen LogP contribution in [0.15, 0.2) is 36.4 Å². The van der Waals surface area contributed by atoms with Crippen LogP contribution in [0.4, 0.5) is 15.8 Å². The number of halogens is 2. The fraction of sp³-hybridized carbons (Fsp3) is 0.350. The minimum absolute atomic E-state index is 0.0837. The fourth-order valence-electron chi connectivity index (χ4n) is 3.53. The first-order chi connectivity index (χ1) is 12.4. The number of nitrogen functional groups attached to an aromatic ring is 1. The molecular weight excluding hydrogens is 353 g/mol. The number of hydrogen-bond donors (Lipinski definition) is 1. The van der Waals surface area contributed by atoms with Crippen LogP contribution in [-0.2, 0) is 17.8 Å². The largest absolute Gasteiger partial charge is 0.398 e. The zero-order valence-corrected chi connectivity index (χ0v) is 15.8. The van der Waals surface area contributed by atoms with Gasteiger partial charge in [0.1, 0.15) is 11.9 Å². The van der Waals surface area contributed by atoms with Crippen molar-refractivity contribution in [1.29, 1.82) is 0 Å². The van der Waals surface area contributed by atoms with Crippen LogP contribution >= 0.6 is 11.6 Å². The highest BCUT2D eigenvalue weighted by Gasteiger charge is 2.29. The summed E-state index contributed by atoms with van der Waals surface area (Å²) >= 11 is 6.09. The molecule has 0 bridgehead atoms. The summed E-state index contributed by atoms with van der Waals surface area (Å²) in [5, 5.41) is 0.327. The SMILES string of the molecule is CC(C(=O)N(C)Cc1c(F)cccc1Cl)N1CCCc2c(N)cccc21. The van der Waals surface area contributed by atoms with Crippen LogP contribution in [0.25, 0.3) is 0 Å². The van der Waals surface area contributed by atoms with Gasteiger partial charge in [0.25, 0.3) is 0 Å². The number of nitrogens with zero attached hydrogens (tertiary/aromatic N) is 2. The molecule has 1 heterocycles. The van der Waals surface area contributed by atoms with E-state index in [0.29, 0.717) is 10.6 Å². The quantitative estimate of drug-likeness (QED) is 0.825. The van der Waals surface area contributed by atoms with Gasteiger partial charge >= 0.3 is 0 Å². The number of hydrogen-bond acceptors (Lipinski definition) is 3. The molecule has 0 saturated heterocycles. The topological polar surface area (TPSA) is 49.6 Å². The Hall–Kier alpha value is -2.27. The van der Waals surface area contributed by atoms with Crippen molar-refractivity contribution >= 4 is 28.9 Å². The lowest BCUT2D eigenvalue weighted by Crippen LogP contribution is -2.47. The lowest BCUT2D eigenvalue weighted by atomic mass is 9.98. The van der Waals surface area contributed by atoms with Crippen molar-refractivity contribution in [2.24, 2.45) is 0 Å². The number of carbonyl (C=O) groups excluding carboxylic acids is 1. The van der Waals surface area contributed by atoms with Crippen LogP contribution < -0.4 is 10.6 Å². The summed E-state index contributed by atoms with van der Waals surface area (Å²) in [5.74, 6) is -0.486. The van der Waals surface area contributed by atoms with Crippen LogP contribution in [0, 0.1) is 5.82 Å². The van der Waals surface area contributed by atoms with Gasteiger partial charge in [-0.15, -0.1) is 0 Å². The third kappa shape index (κ3) is 3.49. The van der Waals surface area contributed by atoms with Gasteiger partial charge in [0.15, 0.2) is 0 Å². The molecule has 3 rings (SSSR count). The van der Waals surface area contributed by atoms with E-state index >= 15 is 0 Å². The maximum atomic E-state index is 14.0. The molecule has 0 saturated carbocycles. The molecule has 1 amide bonds. The van der Waals surface area contributed by atoms with Crippen molar-refractivity contribution in [1.82, 2.24) is 4.90 Å². The van der Waals surface area contributed by atoms with Gasteiger partial charge in [0.2, 0.25) is 5.91 Å².